The second-order valence-electron chi connectivity index (χ2n) is 6.23. The SMILES string of the molecule is N#Cc1ccccc1CN1CCN(C(=O)Cc2ccc(F)cc2)CC1. The molecule has 1 fully saturated rings. The normalized spacial score (nSPS) is 15.0. The van der Waals surface area contributed by atoms with Gasteiger partial charge in [0, 0.05) is 32.7 Å². The highest BCUT2D eigenvalue weighted by Crippen LogP contribution is 2.13. The monoisotopic (exact) mass is 337 g/mol. The van der Waals surface area contributed by atoms with Crippen LogP contribution in [0.4, 0.5) is 4.39 Å². The quantitative estimate of drug-likeness (QED) is 0.861. The molecular weight excluding hydrogens is 317 g/mol. The molecule has 2 aromatic rings. The van der Waals surface area contributed by atoms with E-state index in [-0.39, 0.29) is 11.7 Å². The summed E-state index contributed by atoms with van der Waals surface area (Å²) in [5, 5.41) is 9.18. The summed E-state index contributed by atoms with van der Waals surface area (Å²) in [5.74, 6) is -0.217. The Hall–Kier alpha value is -2.71. The molecule has 2 aromatic carbocycles. The molecule has 0 spiro atoms. The van der Waals surface area contributed by atoms with E-state index in [1.54, 1.807) is 12.1 Å². The van der Waals surface area contributed by atoms with Crippen molar-refractivity contribution in [3.63, 3.8) is 0 Å². The standard InChI is InChI=1S/C20H20FN3O/c21-19-7-5-16(6-8-19)13-20(25)24-11-9-23(10-12-24)15-18-4-2-1-3-17(18)14-22/h1-8H,9-13,15H2. The fourth-order valence-electron chi connectivity index (χ4n) is 3.05. The summed E-state index contributed by atoms with van der Waals surface area (Å²) in [5.41, 5.74) is 2.56. The molecule has 0 aliphatic carbocycles. The molecule has 25 heavy (non-hydrogen) atoms. The van der Waals surface area contributed by atoms with E-state index in [2.05, 4.69) is 11.0 Å². The average Bonchev–Trinajstić information content (AvgIpc) is 2.64. The fourth-order valence-corrected chi connectivity index (χ4v) is 3.05. The Kier molecular flexibility index (Phi) is 5.42. The Morgan fingerprint density at radius 2 is 1.72 bits per heavy atom. The van der Waals surface area contributed by atoms with Crippen LogP contribution < -0.4 is 0 Å². The van der Waals surface area contributed by atoms with Crippen LogP contribution in [0.25, 0.3) is 0 Å². The molecule has 0 aromatic heterocycles. The van der Waals surface area contributed by atoms with Crippen molar-refractivity contribution >= 4 is 5.91 Å². The van der Waals surface area contributed by atoms with Crippen LogP contribution in [0.3, 0.4) is 0 Å². The molecule has 0 N–H and O–H groups in total. The van der Waals surface area contributed by atoms with Crippen molar-refractivity contribution in [3.8, 4) is 6.07 Å². The number of rotatable bonds is 4. The van der Waals surface area contributed by atoms with Crippen LogP contribution in [0, 0.1) is 17.1 Å². The van der Waals surface area contributed by atoms with Gasteiger partial charge in [0.2, 0.25) is 5.91 Å². The lowest BCUT2D eigenvalue weighted by atomic mass is 10.1. The van der Waals surface area contributed by atoms with Crippen molar-refractivity contribution in [1.82, 2.24) is 9.80 Å². The average molecular weight is 337 g/mol. The van der Waals surface area contributed by atoms with Gasteiger partial charge in [-0.15, -0.1) is 0 Å². The zero-order valence-corrected chi connectivity index (χ0v) is 14.0. The minimum Gasteiger partial charge on any atom is -0.340 e. The number of nitrogens with zero attached hydrogens (tertiary/aromatic N) is 3. The van der Waals surface area contributed by atoms with E-state index >= 15 is 0 Å². The zero-order valence-electron chi connectivity index (χ0n) is 14.0. The molecule has 0 bridgehead atoms. The second-order valence-corrected chi connectivity index (χ2v) is 6.23. The van der Waals surface area contributed by atoms with Gasteiger partial charge in [-0.2, -0.15) is 5.26 Å². The molecule has 1 amide bonds. The van der Waals surface area contributed by atoms with Gasteiger partial charge in [0.15, 0.2) is 0 Å². The third-order valence-electron chi connectivity index (χ3n) is 4.53. The molecular formula is C20H20FN3O. The topological polar surface area (TPSA) is 47.3 Å². The number of carbonyl (C=O) groups is 1. The van der Waals surface area contributed by atoms with Crippen molar-refractivity contribution in [3.05, 3.63) is 71.0 Å². The molecule has 1 heterocycles. The van der Waals surface area contributed by atoms with Gasteiger partial charge in [0.25, 0.3) is 0 Å². The number of benzene rings is 2. The van der Waals surface area contributed by atoms with Crippen molar-refractivity contribution in [2.75, 3.05) is 26.2 Å². The maximum absolute atomic E-state index is 12.9. The molecule has 4 nitrogen and oxygen atoms in total. The van der Waals surface area contributed by atoms with E-state index in [1.165, 1.54) is 12.1 Å². The van der Waals surface area contributed by atoms with Gasteiger partial charge in [-0.25, -0.2) is 4.39 Å². The van der Waals surface area contributed by atoms with Gasteiger partial charge in [0.05, 0.1) is 18.1 Å². The van der Waals surface area contributed by atoms with Gasteiger partial charge in [-0.05, 0) is 29.3 Å². The van der Waals surface area contributed by atoms with Crippen LogP contribution in [0.1, 0.15) is 16.7 Å². The predicted molar refractivity (Wildman–Crippen MR) is 93.1 cm³/mol. The number of halogens is 1. The van der Waals surface area contributed by atoms with E-state index in [1.807, 2.05) is 29.2 Å². The number of piperazine rings is 1. The van der Waals surface area contributed by atoms with Crippen molar-refractivity contribution in [2.45, 2.75) is 13.0 Å². The highest BCUT2D eigenvalue weighted by atomic mass is 19.1. The van der Waals surface area contributed by atoms with Crippen LogP contribution in [-0.2, 0) is 17.8 Å². The third-order valence-corrected chi connectivity index (χ3v) is 4.53. The van der Waals surface area contributed by atoms with Crippen molar-refractivity contribution in [1.29, 1.82) is 5.26 Å². The first-order valence-electron chi connectivity index (χ1n) is 8.38. The number of carbonyl (C=O) groups excluding carboxylic acids is 1. The van der Waals surface area contributed by atoms with E-state index in [0.717, 1.165) is 30.8 Å². The molecule has 0 saturated carbocycles. The van der Waals surface area contributed by atoms with E-state index < -0.39 is 0 Å². The van der Waals surface area contributed by atoms with Gasteiger partial charge >= 0.3 is 0 Å². The number of nitriles is 1. The Labute approximate surface area is 147 Å². The van der Waals surface area contributed by atoms with Gasteiger partial charge in [0.1, 0.15) is 5.82 Å². The van der Waals surface area contributed by atoms with Crippen LogP contribution in [0.2, 0.25) is 0 Å². The first kappa shape index (κ1) is 17.1. The molecule has 0 radical (unpaired) electrons. The van der Waals surface area contributed by atoms with E-state index in [0.29, 0.717) is 25.1 Å². The lowest BCUT2D eigenvalue weighted by Crippen LogP contribution is -2.48. The summed E-state index contributed by atoms with van der Waals surface area (Å²) in [7, 11) is 0. The minimum atomic E-state index is -0.289. The van der Waals surface area contributed by atoms with Crippen LogP contribution in [-0.4, -0.2) is 41.9 Å². The maximum atomic E-state index is 12.9. The summed E-state index contributed by atoms with van der Waals surface area (Å²) >= 11 is 0. The third kappa shape index (κ3) is 4.43. The fraction of sp³-hybridized carbons (Fsp3) is 0.300. The van der Waals surface area contributed by atoms with Crippen LogP contribution in [0.5, 0.6) is 0 Å². The lowest BCUT2D eigenvalue weighted by Gasteiger charge is -2.35. The van der Waals surface area contributed by atoms with Crippen molar-refractivity contribution < 1.29 is 9.18 Å². The van der Waals surface area contributed by atoms with E-state index in [4.69, 9.17) is 0 Å². The van der Waals surface area contributed by atoms with Crippen molar-refractivity contribution in [2.24, 2.45) is 0 Å². The lowest BCUT2D eigenvalue weighted by molar-refractivity contribution is -0.132. The maximum Gasteiger partial charge on any atom is 0.227 e. The smallest absolute Gasteiger partial charge is 0.227 e. The van der Waals surface area contributed by atoms with Crippen LogP contribution >= 0.6 is 0 Å². The minimum absolute atomic E-state index is 0.0729. The second kappa shape index (κ2) is 7.91. The van der Waals surface area contributed by atoms with Gasteiger partial charge in [-0.3, -0.25) is 9.69 Å². The molecule has 1 aliphatic rings. The molecule has 5 heteroatoms. The molecule has 1 saturated heterocycles. The van der Waals surface area contributed by atoms with Crippen LogP contribution in [0.15, 0.2) is 48.5 Å². The Balaban J connectivity index is 1.52. The highest BCUT2D eigenvalue weighted by Gasteiger charge is 2.21. The largest absolute Gasteiger partial charge is 0.340 e. The Bertz CT molecular complexity index is 774. The predicted octanol–water partition coefficient (Wildman–Crippen LogP) is 2.58. The molecule has 128 valence electrons. The summed E-state index contributed by atoms with van der Waals surface area (Å²) in [6.45, 7) is 3.65. The first-order valence-corrected chi connectivity index (χ1v) is 8.38. The van der Waals surface area contributed by atoms with Gasteiger partial charge in [-0.1, -0.05) is 30.3 Å². The summed E-state index contributed by atoms with van der Waals surface area (Å²) < 4.78 is 12.9. The van der Waals surface area contributed by atoms with E-state index in [9.17, 15) is 14.4 Å². The number of hydrogen-bond acceptors (Lipinski definition) is 3. The molecule has 0 unspecified atom stereocenters. The Morgan fingerprint density at radius 1 is 1.04 bits per heavy atom. The number of amides is 1. The number of hydrogen-bond donors (Lipinski definition) is 0. The summed E-state index contributed by atoms with van der Waals surface area (Å²) in [6, 6.07) is 15.9. The highest BCUT2D eigenvalue weighted by molar-refractivity contribution is 5.78. The summed E-state index contributed by atoms with van der Waals surface area (Å²) in [4.78, 5) is 16.5. The Morgan fingerprint density at radius 3 is 2.40 bits per heavy atom. The molecule has 0 atom stereocenters. The molecule has 3 rings (SSSR count). The van der Waals surface area contributed by atoms with Gasteiger partial charge < -0.3 is 4.90 Å². The summed E-state index contributed by atoms with van der Waals surface area (Å²) in [6.07, 6.45) is 0.303. The first-order chi connectivity index (χ1) is 12.2. The zero-order chi connectivity index (χ0) is 17.6. The molecule has 1 aliphatic heterocycles.